The van der Waals surface area contributed by atoms with Crippen LogP contribution in [0.4, 0.5) is 16.2 Å². The first kappa shape index (κ1) is 14.4. The van der Waals surface area contributed by atoms with E-state index in [2.05, 4.69) is 10.6 Å². The fourth-order valence-electron chi connectivity index (χ4n) is 1.69. The van der Waals surface area contributed by atoms with Gasteiger partial charge in [-0.05, 0) is 48.5 Å². The first-order valence-electron chi connectivity index (χ1n) is 6.20. The molecule has 2 rings (SSSR count). The van der Waals surface area contributed by atoms with Gasteiger partial charge in [0.2, 0.25) is 5.91 Å². The highest BCUT2D eigenvalue weighted by Crippen LogP contribution is 2.15. The minimum absolute atomic E-state index is 0.382. The summed E-state index contributed by atoms with van der Waals surface area (Å²) in [7, 11) is 1.57. The highest BCUT2D eigenvalue weighted by molar-refractivity contribution is 6.00. The SMILES string of the molecule is COc1ccc(NC(=O)Nc2ccc(C(N)=O)cc2)cc1. The molecule has 0 spiro atoms. The number of carbonyl (C=O) groups is 2. The average molecular weight is 285 g/mol. The predicted octanol–water partition coefficient (Wildman–Crippen LogP) is 2.44. The summed E-state index contributed by atoms with van der Waals surface area (Å²) in [6.45, 7) is 0. The number of amides is 3. The summed E-state index contributed by atoms with van der Waals surface area (Å²) in [5, 5.41) is 5.33. The van der Waals surface area contributed by atoms with E-state index in [-0.39, 0.29) is 6.03 Å². The third-order valence-corrected chi connectivity index (χ3v) is 2.78. The summed E-state index contributed by atoms with van der Waals surface area (Å²) in [5.41, 5.74) is 6.73. The number of urea groups is 1. The van der Waals surface area contributed by atoms with E-state index < -0.39 is 5.91 Å². The molecule has 21 heavy (non-hydrogen) atoms. The van der Waals surface area contributed by atoms with Gasteiger partial charge >= 0.3 is 6.03 Å². The van der Waals surface area contributed by atoms with Crippen LogP contribution in [0.15, 0.2) is 48.5 Å². The number of ether oxygens (including phenoxy) is 1. The maximum atomic E-state index is 11.8. The van der Waals surface area contributed by atoms with Crippen LogP contribution in [0.2, 0.25) is 0 Å². The van der Waals surface area contributed by atoms with E-state index >= 15 is 0 Å². The van der Waals surface area contributed by atoms with E-state index in [9.17, 15) is 9.59 Å². The van der Waals surface area contributed by atoms with Crippen molar-refractivity contribution in [3.05, 3.63) is 54.1 Å². The Bertz CT molecular complexity index is 636. The van der Waals surface area contributed by atoms with Crippen LogP contribution >= 0.6 is 0 Å². The Labute approximate surface area is 121 Å². The highest BCUT2D eigenvalue weighted by atomic mass is 16.5. The Morgan fingerprint density at radius 1 is 0.905 bits per heavy atom. The van der Waals surface area contributed by atoms with E-state index in [1.165, 1.54) is 0 Å². The van der Waals surface area contributed by atoms with Gasteiger partial charge in [-0.3, -0.25) is 4.79 Å². The number of nitrogens with two attached hydrogens (primary N) is 1. The lowest BCUT2D eigenvalue weighted by Crippen LogP contribution is -2.19. The number of hydrogen-bond donors (Lipinski definition) is 3. The Hall–Kier alpha value is -3.02. The molecule has 0 saturated heterocycles. The highest BCUT2D eigenvalue weighted by Gasteiger charge is 2.04. The molecule has 6 heteroatoms. The molecular formula is C15H15N3O3. The van der Waals surface area contributed by atoms with Gasteiger partial charge in [-0.15, -0.1) is 0 Å². The minimum atomic E-state index is -0.510. The summed E-state index contributed by atoms with van der Waals surface area (Å²) in [5.74, 6) is 0.201. The second kappa shape index (κ2) is 6.42. The van der Waals surface area contributed by atoms with Crippen molar-refractivity contribution in [3.63, 3.8) is 0 Å². The van der Waals surface area contributed by atoms with Gasteiger partial charge in [0.05, 0.1) is 7.11 Å². The van der Waals surface area contributed by atoms with Crippen LogP contribution in [-0.4, -0.2) is 19.0 Å². The lowest BCUT2D eigenvalue weighted by atomic mass is 10.2. The molecule has 0 heterocycles. The predicted molar refractivity (Wildman–Crippen MR) is 80.6 cm³/mol. The quantitative estimate of drug-likeness (QED) is 0.805. The van der Waals surface area contributed by atoms with Gasteiger partial charge in [0, 0.05) is 16.9 Å². The second-order valence-corrected chi connectivity index (χ2v) is 4.25. The molecule has 0 atom stereocenters. The minimum Gasteiger partial charge on any atom is -0.497 e. The van der Waals surface area contributed by atoms with E-state index in [0.29, 0.717) is 22.7 Å². The summed E-state index contributed by atoms with van der Waals surface area (Å²) < 4.78 is 5.03. The molecule has 0 aromatic heterocycles. The zero-order valence-electron chi connectivity index (χ0n) is 11.4. The molecule has 2 aromatic carbocycles. The Kier molecular flexibility index (Phi) is 4.40. The Morgan fingerprint density at radius 3 is 1.81 bits per heavy atom. The van der Waals surface area contributed by atoms with Crippen LogP contribution in [0.25, 0.3) is 0 Å². The van der Waals surface area contributed by atoms with Gasteiger partial charge in [-0.1, -0.05) is 0 Å². The maximum Gasteiger partial charge on any atom is 0.323 e. The molecule has 108 valence electrons. The molecule has 0 aliphatic rings. The summed E-state index contributed by atoms with van der Waals surface area (Å²) in [6.07, 6.45) is 0. The monoisotopic (exact) mass is 285 g/mol. The number of nitrogens with one attached hydrogen (secondary N) is 2. The number of methoxy groups -OCH3 is 1. The van der Waals surface area contributed by atoms with Crippen LogP contribution in [0.3, 0.4) is 0 Å². The standard InChI is InChI=1S/C15H15N3O3/c1-21-13-8-6-12(7-9-13)18-15(20)17-11-4-2-10(3-5-11)14(16)19/h2-9H,1H3,(H2,16,19)(H2,17,18,20). The molecule has 3 amide bonds. The zero-order valence-corrected chi connectivity index (χ0v) is 11.4. The Morgan fingerprint density at radius 2 is 1.38 bits per heavy atom. The van der Waals surface area contributed by atoms with Gasteiger partial charge in [-0.2, -0.15) is 0 Å². The van der Waals surface area contributed by atoms with Crippen molar-refractivity contribution in [2.75, 3.05) is 17.7 Å². The number of rotatable bonds is 4. The molecule has 0 saturated carbocycles. The summed E-state index contributed by atoms with van der Waals surface area (Å²) in [6, 6.07) is 12.9. The number of benzene rings is 2. The first-order chi connectivity index (χ1) is 10.1. The topological polar surface area (TPSA) is 93.4 Å². The largest absolute Gasteiger partial charge is 0.497 e. The van der Waals surface area contributed by atoms with Crippen molar-refractivity contribution < 1.29 is 14.3 Å². The van der Waals surface area contributed by atoms with Gasteiger partial charge in [0.25, 0.3) is 0 Å². The lowest BCUT2D eigenvalue weighted by molar-refractivity contribution is 0.100. The normalized spacial score (nSPS) is 9.76. The molecule has 0 aliphatic heterocycles. The fourth-order valence-corrected chi connectivity index (χ4v) is 1.69. The Balaban J connectivity index is 1.95. The molecule has 4 N–H and O–H groups in total. The summed E-state index contributed by atoms with van der Waals surface area (Å²) in [4.78, 5) is 22.8. The van der Waals surface area contributed by atoms with Crippen LogP contribution in [0.1, 0.15) is 10.4 Å². The first-order valence-corrected chi connectivity index (χ1v) is 6.20. The molecule has 0 bridgehead atoms. The van der Waals surface area contributed by atoms with Crippen molar-refractivity contribution in [1.29, 1.82) is 0 Å². The second-order valence-electron chi connectivity index (χ2n) is 4.25. The van der Waals surface area contributed by atoms with Gasteiger partial charge in [-0.25, -0.2) is 4.79 Å². The molecule has 0 aliphatic carbocycles. The van der Waals surface area contributed by atoms with Crippen LogP contribution in [0.5, 0.6) is 5.75 Å². The third kappa shape index (κ3) is 3.97. The van der Waals surface area contributed by atoms with Gasteiger partial charge in [0.1, 0.15) is 5.75 Å². The maximum absolute atomic E-state index is 11.8. The van der Waals surface area contributed by atoms with Crippen LogP contribution in [-0.2, 0) is 0 Å². The van der Waals surface area contributed by atoms with Gasteiger partial charge < -0.3 is 21.1 Å². The molecule has 0 fully saturated rings. The lowest BCUT2D eigenvalue weighted by Gasteiger charge is -2.08. The van der Waals surface area contributed by atoms with Crippen LogP contribution in [0, 0.1) is 0 Å². The van der Waals surface area contributed by atoms with Crippen LogP contribution < -0.4 is 21.1 Å². The van der Waals surface area contributed by atoms with Crippen molar-refractivity contribution in [3.8, 4) is 5.75 Å². The van der Waals surface area contributed by atoms with E-state index in [1.807, 2.05) is 0 Å². The summed E-state index contributed by atoms with van der Waals surface area (Å²) >= 11 is 0. The smallest absolute Gasteiger partial charge is 0.323 e. The van der Waals surface area contributed by atoms with Gasteiger partial charge in [0.15, 0.2) is 0 Å². The number of primary amides is 1. The number of anilines is 2. The molecular weight excluding hydrogens is 270 g/mol. The number of hydrogen-bond acceptors (Lipinski definition) is 3. The van der Waals surface area contributed by atoms with Crippen molar-refractivity contribution in [1.82, 2.24) is 0 Å². The van der Waals surface area contributed by atoms with Crippen molar-refractivity contribution >= 4 is 23.3 Å². The van der Waals surface area contributed by atoms with Crippen molar-refractivity contribution in [2.45, 2.75) is 0 Å². The van der Waals surface area contributed by atoms with E-state index in [1.54, 1.807) is 55.6 Å². The zero-order chi connectivity index (χ0) is 15.2. The van der Waals surface area contributed by atoms with E-state index in [4.69, 9.17) is 10.5 Å². The number of carbonyl (C=O) groups excluding carboxylic acids is 2. The molecule has 2 aromatic rings. The van der Waals surface area contributed by atoms with E-state index in [0.717, 1.165) is 0 Å². The fraction of sp³-hybridized carbons (Fsp3) is 0.0667. The molecule has 0 unspecified atom stereocenters. The third-order valence-electron chi connectivity index (χ3n) is 2.78. The van der Waals surface area contributed by atoms with Crippen molar-refractivity contribution in [2.24, 2.45) is 5.73 Å². The molecule has 0 radical (unpaired) electrons. The molecule has 6 nitrogen and oxygen atoms in total. The average Bonchev–Trinajstić information content (AvgIpc) is 2.48.